The van der Waals surface area contributed by atoms with Gasteiger partial charge in [-0.25, -0.2) is 18.7 Å². The number of carbonyl (C=O) groups excluding carboxylic acids is 1. The molecule has 0 bridgehead atoms. The van der Waals surface area contributed by atoms with Crippen molar-refractivity contribution in [3.63, 3.8) is 0 Å². The highest BCUT2D eigenvalue weighted by Crippen LogP contribution is 2.41. The van der Waals surface area contributed by atoms with E-state index in [4.69, 9.17) is 23.2 Å². The Morgan fingerprint density at radius 1 is 1.30 bits per heavy atom. The maximum absolute atomic E-state index is 12.7. The maximum atomic E-state index is 12.7. The van der Waals surface area contributed by atoms with E-state index in [2.05, 4.69) is 15.3 Å². The average molecular weight is 414 g/mol. The van der Waals surface area contributed by atoms with E-state index in [1.807, 2.05) is 6.92 Å². The van der Waals surface area contributed by atoms with Gasteiger partial charge in [-0.3, -0.25) is 4.79 Å². The van der Waals surface area contributed by atoms with Gasteiger partial charge < -0.3 is 5.32 Å². The van der Waals surface area contributed by atoms with E-state index in [-0.39, 0.29) is 10.9 Å². The van der Waals surface area contributed by atoms with Crippen molar-refractivity contribution in [2.24, 2.45) is 5.92 Å². The van der Waals surface area contributed by atoms with Crippen LogP contribution < -0.4 is 5.32 Å². The van der Waals surface area contributed by atoms with Gasteiger partial charge in [-0.2, -0.15) is 0 Å². The van der Waals surface area contributed by atoms with Gasteiger partial charge in [-0.1, -0.05) is 43.0 Å². The third kappa shape index (κ3) is 4.93. The number of halogens is 4. The minimum atomic E-state index is -2.71. The van der Waals surface area contributed by atoms with Crippen LogP contribution in [0.3, 0.4) is 0 Å². The number of aromatic nitrogens is 2. The number of hydrogen-bond donors (Lipinski definition) is 1. The highest BCUT2D eigenvalue weighted by Gasteiger charge is 2.36. The second-order valence-corrected chi connectivity index (χ2v) is 7.99. The Hall–Kier alpha value is -1.79. The molecular formula is C19H19Cl2F2N3O. The van der Waals surface area contributed by atoms with E-state index in [0.29, 0.717) is 23.0 Å². The molecule has 1 fully saturated rings. The molecule has 1 N–H and O–H groups in total. The van der Waals surface area contributed by atoms with Crippen LogP contribution in [0.5, 0.6) is 0 Å². The molecule has 1 aromatic carbocycles. The smallest absolute Gasteiger partial charge is 0.297 e. The van der Waals surface area contributed by atoms with E-state index in [1.165, 1.54) is 18.5 Å². The predicted octanol–water partition coefficient (Wildman–Crippen LogP) is 5.21. The molecule has 1 amide bonds. The molecule has 1 atom stereocenters. The number of rotatable bonds is 7. The van der Waals surface area contributed by atoms with Gasteiger partial charge in [0.25, 0.3) is 12.3 Å². The molecule has 0 saturated heterocycles. The first-order valence-corrected chi connectivity index (χ1v) is 9.38. The number of nitrogens with zero attached hydrogens (tertiary/aromatic N) is 2. The van der Waals surface area contributed by atoms with Gasteiger partial charge in [0.05, 0.1) is 10.6 Å². The van der Waals surface area contributed by atoms with E-state index in [0.717, 1.165) is 24.8 Å². The minimum absolute atomic E-state index is 0.272. The molecule has 3 rings (SSSR count). The van der Waals surface area contributed by atoms with Crippen LogP contribution in [0, 0.1) is 5.92 Å². The summed E-state index contributed by atoms with van der Waals surface area (Å²) < 4.78 is 25.4. The van der Waals surface area contributed by atoms with E-state index >= 15 is 0 Å². The monoisotopic (exact) mass is 413 g/mol. The van der Waals surface area contributed by atoms with Crippen LogP contribution in [0.25, 0.3) is 0 Å². The van der Waals surface area contributed by atoms with Gasteiger partial charge in [0.1, 0.15) is 0 Å². The Kier molecular flexibility index (Phi) is 5.96. The van der Waals surface area contributed by atoms with Crippen molar-refractivity contribution in [3.8, 4) is 0 Å². The summed E-state index contributed by atoms with van der Waals surface area (Å²) in [6.07, 6.45) is 3.22. The first-order chi connectivity index (χ1) is 12.8. The van der Waals surface area contributed by atoms with Crippen molar-refractivity contribution in [2.45, 2.75) is 38.0 Å². The normalized spacial score (nSPS) is 16.2. The second-order valence-electron chi connectivity index (χ2n) is 7.15. The molecule has 27 heavy (non-hydrogen) atoms. The molecule has 1 heterocycles. The van der Waals surface area contributed by atoms with Crippen LogP contribution in [0.15, 0.2) is 30.6 Å². The zero-order valence-electron chi connectivity index (χ0n) is 14.7. The van der Waals surface area contributed by atoms with Crippen LogP contribution in [-0.4, -0.2) is 22.4 Å². The molecule has 0 radical (unpaired) electrons. The molecular weight excluding hydrogens is 395 g/mol. The number of hydrogen-bond acceptors (Lipinski definition) is 3. The Balaban J connectivity index is 1.76. The van der Waals surface area contributed by atoms with Gasteiger partial charge in [-0.15, -0.1) is 0 Å². The first kappa shape index (κ1) is 20.0. The summed E-state index contributed by atoms with van der Waals surface area (Å²) >= 11 is 12.0. The quantitative estimate of drug-likeness (QED) is 0.677. The third-order valence-electron chi connectivity index (χ3n) is 4.81. The first-order valence-electron chi connectivity index (χ1n) is 8.62. The van der Waals surface area contributed by atoms with Crippen molar-refractivity contribution in [1.29, 1.82) is 0 Å². The number of carbonyl (C=O) groups is 1. The van der Waals surface area contributed by atoms with Gasteiger partial charge in [0.15, 0.2) is 5.82 Å². The standard InChI is InChI=1S/C19H19Cl2F2N3O/c1-19(7-11-2-3-11,12-8-24-17(16(22)23)25-9-12)10-26-18(27)14-5-4-13(20)6-15(14)21/h4-6,8-9,11,16H,2-3,7,10H2,1H3,(H,26,27). The van der Waals surface area contributed by atoms with Crippen molar-refractivity contribution in [2.75, 3.05) is 6.54 Å². The molecule has 1 aliphatic carbocycles. The fourth-order valence-electron chi connectivity index (χ4n) is 3.06. The molecule has 2 aromatic rings. The Morgan fingerprint density at radius 3 is 2.52 bits per heavy atom. The summed E-state index contributed by atoms with van der Waals surface area (Å²) in [6.45, 7) is 2.30. The van der Waals surface area contributed by atoms with Crippen molar-refractivity contribution in [1.82, 2.24) is 15.3 Å². The molecule has 144 valence electrons. The second kappa shape index (κ2) is 8.07. The van der Waals surface area contributed by atoms with Gasteiger partial charge in [0.2, 0.25) is 0 Å². The summed E-state index contributed by atoms with van der Waals surface area (Å²) in [5, 5.41) is 3.62. The Bertz CT molecular complexity index is 828. The minimum Gasteiger partial charge on any atom is -0.351 e. The van der Waals surface area contributed by atoms with Crippen molar-refractivity contribution < 1.29 is 13.6 Å². The summed E-state index contributed by atoms with van der Waals surface area (Å²) in [5.74, 6) is -0.255. The SMILES string of the molecule is CC(CNC(=O)c1ccc(Cl)cc1Cl)(CC1CC1)c1cnc(C(F)F)nc1. The molecule has 1 unspecified atom stereocenters. The van der Waals surface area contributed by atoms with Gasteiger partial charge in [-0.05, 0) is 36.1 Å². The Labute approximate surface area is 166 Å². The zero-order chi connectivity index (χ0) is 19.6. The average Bonchev–Trinajstić information content (AvgIpc) is 3.43. The van der Waals surface area contributed by atoms with Crippen LogP contribution in [-0.2, 0) is 5.41 Å². The van der Waals surface area contributed by atoms with Crippen LogP contribution in [0.2, 0.25) is 10.0 Å². The molecule has 1 aliphatic rings. The highest BCUT2D eigenvalue weighted by molar-refractivity contribution is 6.36. The van der Waals surface area contributed by atoms with Crippen LogP contribution in [0.1, 0.15) is 54.4 Å². The van der Waals surface area contributed by atoms with Gasteiger partial charge >= 0.3 is 0 Å². The van der Waals surface area contributed by atoms with E-state index in [9.17, 15) is 13.6 Å². The summed E-state index contributed by atoms with van der Waals surface area (Å²) in [5.41, 5.74) is 0.594. The highest BCUT2D eigenvalue weighted by atomic mass is 35.5. The fourth-order valence-corrected chi connectivity index (χ4v) is 3.55. The lowest BCUT2D eigenvalue weighted by Crippen LogP contribution is -2.39. The summed E-state index contributed by atoms with van der Waals surface area (Å²) in [6, 6.07) is 4.68. The largest absolute Gasteiger partial charge is 0.351 e. The van der Waals surface area contributed by atoms with Crippen molar-refractivity contribution in [3.05, 3.63) is 57.6 Å². The van der Waals surface area contributed by atoms with Crippen LogP contribution in [0.4, 0.5) is 8.78 Å². The number of alkyl halides is 2. The lowest BCUT2D eigenvalue weighted by Gasteiger charge is -2.30. The Morgan fingerprint density at radius 2 is 1.96 bits per heavy atom. The van der Waals surface area contributed by atoms with E-state index in [1.54, 1.807) is 12.1 Å². The molecule has 0 aliphatic heterocycles. The molecule has 0 spiro atoms. The summed E-state index contributed by atoms with van der Waals surface area (Å²) in [7, 11) is 0. The van der Waals surface area contributed by atoms with Crippen molar-refractivity contribution >= 4 is 29.1 Å². The lowest BCUT2D eigenvalue weighted by molar-refractivity contribution is 0.0942. The van der Waals surface area contributed by atoms with Crippen LogP contribution >= 0.6 is 23.2 Å². The number of benzene rings is 1. The maximum Gasteiger partial charge on any atom is 0.297 e. The third-order valence-corrected chi connectivity index (χ3v) is 5.36. The molecule has 8 heteroatoms. The molecule has 4 nitrogen and oxygen atoms in total. The number of amides is 1. The number of nitrogens with one attached hydrogen (secondary N) is 1. The molecule has 1 aromatic heterocycles. The van der Waals surface area contributed by atoms with Gasteiger partial charge in [0, 0.05) is 29.4 Å². The fraction of sp³-hybridized carbons (Fsp3) is 0.421. The summed E-state index contributed by atoms with van der Waals surface area (Å²) in [4.78, 5) is 20.1. The molecule has 1 saturated carbocycles. The predicted molar refractivity (Wildman–Crippen MR) is 100 cm³/mol. The lowest BCUT2D eigenvalue weighted by atomic mass is 9.79. The van der Waals surface area contributed by atoms with E-state index < -0.39 is 17.7 Å². The zero-order valence-corrected chi connectivity index (χ0v) is 16.2. The topological polar surface area (TPSA) is 54.9 Å².